The summed E-state index contributed by atoms with van der Waals surface area (Å²) in [4.78, 5) is 22.1. The van der Waals surface area contributed by atoms with Crippen LogP contribution in [0, 0.1) is 0 Å². The predicted molar refractivity (Wildman–Crippen MR) is 84.0 cm³/mol. The van der Waals surface area contributed by atoms with Crippen molar-refractivity contribution in [3.63, 3.8) is 0 Å². The standard InChI is InChI=1S/C10H16BN6O5P/c11-23(19)20-1-3-6(22-23)5(18)9(21-3)17-8-4(16-10(17)13)7(12)14-2-15-8/h2-3,5-6,9,18-19,23H,1,11H2,(H2,13,16)(H2,12,14,15)/t3-,5?,6-,9-/m1/s1. The number of nitrogens with zero attached hydrogens (tertiary/aromatic N) is 4. The Balaban J connectivity index is 1.75. The monoisotopic (exact) mass is 342 g/mol. The molecular formula is C10H16BN6O5P. The van der Waals surface area contributed by atoms with E-state index in [9.17, 15) is 10.00 Å². The molecule has 11 nitrogen and oxygen atoms in total. The minimum atomic E-state index is -3.25. The molecular weight excluding hydrogens is 326 g/mol. The SMILES string of the molecule is B[PH]1(O)OC[C@H]2O[C@@H](n3c(N)nc4c(N)ncnc43)C(O)[C@@H]2O1. The third-order valence-electron chi connectivity index (χ3n) is 3.97. The van der Waals surface area contributed by atoms with Crippen LogP contribution in [0.1, 0.15) is 6.23 Å². The van der Waals surface area contributed by atoms with Crippen LogP contribution in [0.2, 0.25) is 0 Å². The maximum absolute atomic E-state index is 10.6. The molecule has 2 aromatic heterocycles. The number of hydrogen-bond acceptors (Lipinski definition) is 10. The molecule has 23 heavy (non-hydrogen) atoms. The summed E-state index contributed by atoms with van der Waals surface area (Å²) >= 11 is 0. The van der Waals surface area contributed by atoms with Crippen molar-refractivity contribution in [3.05, 3.63) is 6.33 Å². The number of ether oxygens (including phenoxy) is 1. The number of aliphatic hydroxyl groups excluding tert-OH is 1. The van der Waals surface area contributed by atoms with Crippen molar-refractivity contribution in [2.45, 2.75) is 24.5 Å². The molecule has 4 heterocycles. The van der Waals surface area contributed by atoms with Crippen molar-refractivity contribution in [1.82, 2.24) is 19.5 Å². The number of imidazole rings is 1. The molecule has 4 rings (SSSR count). The summed E-state index contributed by atoms with van der Waals surface area (Å²) in [7, 11) is -1.77. The first-order chi connectivity index (χ1) is 10.9. The van der Waals surface area contributed by atoms with Gasteiger partial charge in [-0.2, -0.15) is 0 Å². The molecule has 4 atom stereocenters. The van der Waals surface area contributed by atoms with Crippen molar-refractivity contribution >= 4 is 38.3 Å². The summed E-state index contributed by atoms with van der Waals surface area (Å²) < 4.78 is 18.0. The number of aromatic nitrogens is 4. The Kier molecular flexibility index (Phi) is 3.24. The molecule has 2 aliphatic rings. The molecule has 0 saturated carbocycles. The van der Waals surface area contributed by atoms with E-state index in [1.807, 2.05) is 0 Å². The summed E-state index contributed by atoms with van der Waals surface area (Å²) in [6.45, 7) is 0.126. The molecule has 0 radical (unpaired) electrons. The van der Waals surface area contributed by atoms with Gasteiger partial charge in [-0.1, -0.05) is 0 Å². The first-order valence-electron chi connectivity index (χ1n) is 6.99. The number of nitrogens with two attached hydrogens (primary N) is 2. The fourth-order valence-corrected chi connectivity index (χ4v) is 4.27. The van der Waals surface area contributed by atoms with Gasteiger partial charge in [-0.05, 0) is 0 Å². The number of fused-ring (bicyclic) bond motifs is 2. The van der Waals surface area contributed by atoms with Crippen molar-refractivity contribution in [2.24, 2.45) is 0 Å². The molecule has 2 saturated heterocycles. The summed E-state index contributed by atoms with van der Waals surface area (Å²) in [5.41, 5.74) is 12.4. The van der Waals surface area contributed by atoms with Crippen LogP contribution in [0.5, 0.6) is 0 Å². The Morgan fingerprint density at radius 3 is 2.96 bits per heavy atom. The van der Waals surface area contributed by atoms with Crippen molar-refractivity contribution < 1.29 is 23.8 Å². The second-order valence-electron chi connectivity index (χ2n) is 5.62. The van der Waals surface area contributed by atoms with Gasteiger partial charge in [0.05, 0.1) is 0 Å². The van der Waals surface area contributed by atoms with Gasteiger partial charge in [0.2, 0.25) is 0 Å². The molecule has 2 fully saturated rings. The summed E-state index contributed by atoms with van der Waals surface area (Å²) in [6.07, 6.45) is -1.92. The Morgan fingerprint density at radius 2 is 2.17 bits per heavy atom. The molecule has 6 N–H and O–H groups in total. The van der Waals surface area contributed by atoms with Crippen LogP contribution in [-0.4, -0.2) is 62.0 Å². The van der Waals surface area contributed by atoms with Gasteiger partial charge in [0.1, 0.15) is 0 Å². The van der Waals surface area contributed by atoms with Crippen LogP contribution in [0.15, 0.2) is 6.33 Å². The Morgan fingerprint density at radius 1 is 1.39 bits per heavy atom. The zero-order valence-electron chi connectivity index (χ0n) is 12.2. The van der Waals surface area contributed by atoms with Gasteiger partial charge in [-0.25, -0.2) is 0 Å². The predicted octanol–water partition coefficient (Wildman–Crippen LogP) is -2.30. The average molecular weight is 342 g/mol. The molecule has 0 amide bonds. The fourth-order valence-electron chi connectivity index (χ4n) is 2.93. The number of aliphatic hydroxyl groups is 1. The molecule has 2 aliphatic heterocycles. The first-order valence-corrected chi connectivity index (χ1v) is 9.25. The zero-order valence-corrected chi connectivity index (χ0v) is 13.2. The van der Waals surface area contributed by atoms with E-state index in [2.05, 4.69) is 15.0 Å². The maximum atomic E-state index is 10.6. The van der Waals surface area contributed by atoms with E-state index in [1.165, 1.54) is 18.5 Å². The topological polar surface area (TPSA) is 164 Å². The molecule has 0 aromatic carbocycles. The Bertz CT molecular complexity index is 774. The third kappa shape index (κ3) is 2.26. The number of rotatable bonds is 1. The number of anilines is 2. The second kappa shape index (κ2) is 4.97. The summed E-state index contributed by atoms with van der Waals surface area (Å²) in [5.74, 6) is 0.264. The van der Waals surface area contributed by atoms with E-state index in [0.29, 0.717) is 11.2 Å². The molecule has 13 heteroatoms. The van der Waals surface area contributed by atoms with Crippen molar-refractivity contribution in [3.8, 4) is 0 Å². The van der Waals surface area contributed by atoms with E-state index in [1.54, 1.807) is 0 Å². The van der Waals surface area contributed by atoms with Gasteiger partial charge in [0.15, 0.2) is 0 Å². The second-order valence-corrected chi connectivity index (χ2v) is 7.94. The van der Waals surface area contributed by atoms with Crippen molar-refractivity contribution in [2.75, 3.05) is 18.1 Å². The van der Waals surface area contributed by atoms with Crippen LogP contribution in [-0.2, 0) is 13.8 Å². The number of nitrogen functional groups attached to an aromatic ring is 2. The van der Waals surface area contributed by atoms with Gasteiger partial charge >= 0.3 is 131 Å². The van der Waals surface area contributed by atoms with E-state index >= 15 is 0 Å². The number of hydrogen-bond donors (Lipinski definition) is 4. The van der Waals surface area contributed by atoms with Gasteiger partial charge in [-0.15, -0.1) is 0 Å². The van der Waals surface area contributed by atoms with Gasteiger partial charge < -0.3 is 0 Å². The third-order valence-corrected chi connectivity index (χ3v) is 5.38. The molecule has 2 aromatic rings. The molecule has 1 unspecified atom stereocenters. The Labute approximate surface area is 131 Å². The quantitative estimate of drug-likeness (QED) is 0.327. The van der Waals surface area contributed by atoms with Gasteiger partial charge in [0, 0.05) is 0 Å². The van der Waals surface area contributed by atoms with E-state index in [4.69, 9.17) is 25.3 Å². The molecule has 0 bridgehead atoms. The zero-order chi connectivity index (χ0) is 16.4. The molecule has 0 aliphatic carbocycles. The Hall–Kier alpha value is -1.56. The van der Waals surface area contributed by atoms with Crippen LogP contribution in [0.4, 0.5) is 11.8 Å². The van der Waals surface area contributed by atoms with E-state index < -0.39 is 32.4 Å². The minimum absolute atomic E-state index is 0.0832. The molecule has 124 valence electrons. The molecule has 0 spiro atoms. The van der Waals surface area contributed by atoms with Gasteiger partial charge in [-0.3, -0.25) is 0 Å². The fraction of sp³-hybridized carbons (Fsp3) is 0.500. The van der Waals surface area contributed by atoms with E-state index in [-0.39, 0.29) is 18.4 Å². The summed E-state index contributed by atoms with van der Waals surface area (Å²) in [5, 5.41) is 10.6. The van der Waals surface area contributed by atoms with E-state index in [0.717, 1.165) is 0 Å². The van der Waals surface area contributed by atoms with Crippen LogP contribution in [0.25, 0.3) is 11.2 Å². The van der Waals surface area contributed by atoms with Crippen LogP contribution < -0.4 is 11.5 Å². The average Bonchev–Trinajstić information content (AvgIpc) is 2.97. The normalized spacial score (nSPS) is 34.3. The van der Waals surface area contributed by atoms with Gasteiger partial charge in [0.25, 0.3) is 0 Å². The first kappa shape index (κ1) is 15.0. The van der Waals surface area contributed by atoms with Crippen molar-refractivity contribution in [1.29, 1.82) is 0 Å². The van der Waals surface area contributed by atoms with Crippen LogP contribution >= 0.6 is 7.82 Å². The van der Waals surface area contributed by atoms with Crippen LogP contribution in [0.3, 0.4) is 0 Å². The summed E-state index contributed by atoms with van der Waals surface area (Å²) in [6, 6.07) is 0.